The number of carbonyl (C=O) groups is 1. The second kappa shape index (κ2) is 7.81. The van der Waals surface area contributed by atoms with Crippen LogP contribution >= 0.6 is 11.6 Å². The van der Waals surface area contributed by atoms with E-state index in [0.29, 0.717) is 24.7 Å². The first-order valence-electron chi connectivity index (χ1n) is 9.69. The van der Waals surface area contributed by atoms with Crippen molar-refractivity contribution in [2.75, 3.05) is 13.1 Å². The van der Waals surface area contributed by atoms with Crippen LogP contribution in [0.3, 0.4) is 0 Å². The molecule has 0 unspecified atom stereocenters. The summed E-state index contributed by atoms with van der Waals surface area (Å²) >= 11 is 6.00. The fourth-order valence-corrected chi connectivity index (χ4v) is 5.52. The van der Waals surface area contributed by atoms with Gasteiger partial charge < -0.3 is 10.0 Å². The molecule has 2 aliphatic rings. The van der Waals surface area contributed by atoms with Crippen molar-refractivity contribution in [3.8, 4) is 5.75 Å². The van der Waals surface area contributed by atoms with Gasteiger partial charge in [-0.25, -0.2) is 17.2 Å². The van der Waals surface area contributed by atoms with E-state index in [-0.39, 0.29) is 28.0 Å². The Balaban J connectivity index is 1.70. The summed E-state index contributed by atoms with van der Waals surface area (Å²) in [5.74, 6) is -3.56. The number of amides is 1. The smallest absolute Gasteiger partial charge is 0.253 e. The van der Waals surface area contributed by atoms with E-state index >= 15 is 0 Å². The molecule has 1 heterocycles. The molecule has 0 radical (unpaired) electrons. The highest BCUT2D eigenvalue weighted by Crippen LogP contribution is 2.42. The summed E-state index contributed by atoms with van der Waals surface area (Å²) < 4.78 is 54.3. The van der Waals surface area contributed by atoms with E-state index in [2.05, 4.69) is 0 Å². The summed E-state index contributed by atoms with van der Waals surface area (Å²) in [4.78, 5) is 13.7. The Labute approximate surface area is 178 Å². The van der Waals surface area contributed by atoms with Crippen molar-refractivity contribution >= 4 is 27.3 Å². The highest BCUT2D eigenvalue weighted by molar-refractivity contribution is 7.90. The molecule has 1 saturated carbocycles. The molecule has 160 valence electrons. The number of carbonyl (C=O) groups excluding carboxylic acids is 1. The molecule has 0 bridgehead atoms. The number of rotatable bonds is 5. The van der Waals surface area contributed by atoms with Crippen LogP contribution in [0, 0.1) is 11.6 Å². The first kappa shape index (κ1) is 21.1. The predicted molar refractivity (Wildman–Crippen MR) is 107 cm³/mol. The van der Waals surface area contributed by atoms with E-state index in [1.807, 2.05) is 0 Å². The van der Waals surface area contributed by atoms with Crippen molar-refractivity contribution in [2.24, 2.45) is 0 Å². The fraction of sp³-hybridized carbons (Fsp3) is 0.381. The van der Waals surface area contributed by atoms with Crippen LogP contribution in [0.4, 0.5) is 8.78 Å². The minimum Gasteiger partial charge on any atom is -0.505 e. The lowest BCUT2D eigenvalue weighted by molar-refractivity contribution is 0.0792. The van der Waals surface area contributed by atoms with E-state index in [0.717, 1.165) is 31.7 Å². The lowest BCUT2D eigenvalue weighted by Gasteiger charge is -2.17. The predicted octanol–water partition coefficient (Wildman–Crippen LogP) is 4.41. The third kappa shape index (κ3) is 4.03. The molecular weight excluding hydrogens is 436 g/mol. The van der Waals surface area contributed by atoms with Crippen LogP contribution in [0.5, 0.6) is 5.75 Å². The number of benzene rings is 2. The van der Waals surface area contributed by atoms with Crippen LogP contribution in [-0.2, 0) is 15.6 Å². The molecule has 1 saturated heterocycles. The molecule has 0 spiro atoms. The van der Waals surface area contributed by atoms with Crippen LogP contribution < -0.4 is 0 Å². The monoisotopic (exact) mass is 455 g/mol. The molecular formula is C21H20ClF2NO4S. The van der Waals surface area contributed by atoms with Gasteiger partial charge in [0.05, 0.1) is 10.8 Å². The molecule has 30 heavy (non-hydrogen) atoms. The topological polar surface area (TPSA) is 74.7 Å². The summed E-state index contributed by atoms with van der Waals surface area (Å²) in [6.07, 6.45) is 3.25. The Hall–Kier alpha value is -2.19. The molecule has 9 heteroatoms. The zero-order chi connectivity index (χ0) is 21.6. The van der Waals surface area contributed by atoms with Crippen molar-refractivity contribution in [1.29, 1.82) is 0 Å². The van der Waals surface area contributed by atoms with E-state index in [4.69, 9.17) is 11.6 Å². The number of phenolic OH excluding ortho intramolecular Hbond substituents is 1. The number of hydrogen-bond donors (Lipinski definition) is 1. The van der Waals surface area contributed by atoms with Gasteiger partial charge in [-0.15, -0.1) is 0 Å². The minimum atomic E-state index is -4.27. The van der Waals surface area contributed by atoms with Crippen molar-refractivity contribution in [3.05, 3.63) is 57.6 Å². The van der Waals surface area contributed by atoms with Crippen LogP contribution in [0.2, 0.25) is 5.02 Å². The first-order chi connectivity index (χ1) is 14.2. The number of halogens is 3. The van der Waals surface area contributed by atoms with Crippen LogP contribution in [0.1, 0.15) is 53.1 Å². The van der Waals surface area contributed by atoms with Gasteiger partial charge in [-0.3, -0.25) is 4.79 Å². The fourth-order valence-electron chi connectivity index (χ4n) is 3.75. The molecule has 0 aromatic heterocycles. The average molecular weight is 456 g/mol. The minimum absolute atomic E-state index is 0.0312. The van der Waals surface area contributed by atoms with Gasteiger partial charge in [0.2, 0.25) is 0 Å². The SMILES string of the molecule is O=C(c1cc(Cl)c(O)c(S(=O)(=O)Cc2cc(C3CC3)c(F)cc2F)c1)N1CCCC1. The summed E-state index contributed by atoms with van der Waals surface area (Å²) in [5, 5.41) is 9.98. The number of sulfone groups is 1. The number of nitrogens with zero attached hydrogens (tertiary/aromatic N) is 1. The summed E-state index contributed by atoms with van der Waals surface area (Å²) in [6, 6.07) is 4.22. The average Bonchev–Trinajstić information content (AvgIpc) is 3.38. The highest BCUT2D eigenvalue weighted by Gasteiger charge is 2.30. The third-order valence-corrected chi connectivity index (χ3v) is 7.49. The lowest BCUT2D eigenvalue weighted by Crippen LogP contribution is -2.27. The Morgan fingerprint density at radius 2 is 1.77 bits per heavy atom. The quantitative estimate of drug-likeness (QED) is 0.724. The van der Waals surface area contributed by atoms with Gasteiger partial charge in [-0.05, 0) is 55.4 Å². The Morgan fingerprint density at radius 1 is 1.10 bits per heavy atom. The van der Waals surface area contributed by atoms with Gasteiger partial charge in [-0.2, -0.15) is 0 Å². The maximum atomic E-state index is 14.3. The van der Waals surface area contributed by atoms with Gasteiger partial charge >= 0.3 is 0 Å². The van der Waals surface area contributed by atoms with E-state index in [1.54, 1.807) is 4.90 Å². The largest absolute Gasteiger partial charge is 0.505 e. The summed E-state index contributed by atoms with van der Waals surface area (Å²) in [6.45, 7) is 1.12. The maximum Gasteiger partial charge on any atom is 0.253 e. The molecule has 1 aliphatic heterocycles. The van der Waals surface area contributed by atoms with E-state index in [1.165, 1.54) is 12.1 Å². The van der Waals surface area contributed by atoms with Crippen LogP contribution in [0.25, 0.3) is 0 Å². The standard InChI is InChI=1S/C21H20ClF2NO4S/c22-16-8-13(21(27)25-5-1-2-6-25)9-19(20(16)26)30(28,29)11-14-7-15(12-3-4-12)18(24)10-17(14)23/h7-10,12,26H,1-6,11H2. The maximum absolute atomic E-state index is 14.3. The first-order valence-corrected chi connectivity index (χ1v) is 11.7. The van der Waals surface area contributed by atoms with E-state index in [9.17, 15) is 27.1 Å². The van der Waals surface area contributed by atoms with Crippen molar-refractivity contribution in [1.82, 2.24) is 4.90 Å². The number of likely N-dealkylation sites (tertiary alicyclic amines) is 1. The van der Waals surface area contributed by atoms with Gasteiger partial charge in [-0.1, -0.05) is 11.6 Å². The zero-order valence-electron chi connectivity index (χ0n) is 16.0. The molecule has 2 aromatic rings. The second-order valence-electron chi connectivity index (χ2n) is 7.80. The molecule has 1 N–H and O–H groups in total. The van der Waals surface area contributed by atoms with Gasteiger partial charge in [0.1, 0.15) is 16.5 Å². The normalized spacial score (nSPS) is 16.8. The molecule has 1 amide bonds. The van der Waals surface area contributed by atoms with E-state index < -0.39 is 37.9 Å². The Morgan fingerprint density at radius 3 is 2.40 bits per heavy atom. The summed E-state index contributed by atoms with van der Waals surface area (Å²) in [7, 11) is -4.27. The van der Waals surface area contributed by atoms with Crippen LogP contribution in [0.15, 0.2) is 29.2 Å². The molecule has 5 nitrogen and oxygen atoms in total. The molecule has 2 fully saturated rings. The van der Waals surface area contributed by atoms with Gasteiger partial charge in [0, 0.05) is 30.3 Å². The number of aromatic hydroxyl groups is 1. The van der Waals surface area contributed by atoms with Crippen molar-refractivity contribution in [3.63, 3.8) is 0 Å². The number of phenols is 1. The third-order valence-electron chi connectivity index (χ3n) is 5.53. The number of hydrogen-bond acceptors (Lipinski definition) is 4. The molecule has 0 atom stereocenters. The Bertz CT molecular complexity index is 1130. The van der Waals surface area contributed by atoms with Crippen LogP contribution in [-0.4, -0.2) is 37.4 Å². The Kier molecular flexibility index (Phi) is 5.48. The van der Waals surface area contributed by atoms with Gasteiger partial charge in [0.15, 0.2) is 15.6 Å². The lowest BCUT2D eigenvalue weighted by atomic mass is 10.1. The van der Waals surface area contributed by atoms with Crippen molar-refractivity contribution in [2.45, 2.75) is 42.2 Å². The molecule has 4 rings (SSSR count). The summed E-state index contributed by atoms with van der Waals surface area (Å²) in [5.41, 5.74) is 0.142. The highest BCUT2D eigenvalue weighted by atomic mass is 35.5. The molecule has 2 aromatic carbocycles. The zero-order valence-corrected chi connectivity index (χ0v) is 17.6. The van der Waals surface area contributed by atoms with Gasteiger partial charge in [0.25, 0.3) is 5.91 Å². The second-order valence-corrected chi connectivity index (χ2v) is 10.2. The van der Waals surface area contributed by atoms with Crippen molar-refractivity contribution < 1.29 is 27.1 Å². The molecule has 1 aliphatic carbocycles.